The van der Waals surface area contributed by atoms with E-state index in [0.29, 0.717) is 22.3 Å². The fourth-order valence-electron chi connectivity index (χ4n) is 2.58. The molecule has 2 heterocycles. The van der Waals surface area contributed by atoms with Crippen molar-refractivity contribution in [1.29, 1.82) is 0 Å². The molecular formula is C20H14FN3O2S. The maximum atomic E-state index is 13.0. The van der Waals surface area contributed by atoms with Gasteiger partial charge in [-0.1, -0.05) is 47.6 Å². The smallest absolute Gasteiger partial charge is 0.270 e. The lowest BCUT2D eigenvalue weighted by molar-refractivity contribution is -0.115. The van der Waals surface area contributed by atoms with E-state index in [0.717, 1.165) is 11.1 Å². The van der Waals surface area contributed by atoms with Crippen molar-refractivity contribution in [2.75, 3.05) is 5.32 Å². The Labute approximate surface area is 158 Å². The molecule has 2 aromatic heterocycles. The SMILES string of the molecule is O=C(Cc1ccc(F)cc1)Nc1ccsc1-c1nc(-c2ccccc2)no1. The third kappa shape index (κ3) is 3.93. The first kappa shape index (κ1) is 17.1. The van der Waals surface area contributed by atoms with Crippen molar-refractivity contribution in [3.63, 3.8) is 0 Å². The molecule has 0 bridgehead atoms. The molecular weight excluding hydrogens is 365 g/mol. The number of amides is 1. The Balaban J connectivity index is 1.50. The molecule has 0 atom stereocenters. The van der Waals surface area contributed by atoms with Crippen LogP contribution in [0, 0.1) is 5.82 Å². The zero-order valence-corrected chi connectivity index (χ0v) is 14.9. The number of nitrogens with one attached hydrogen (secondary N) is 1. The largest absolute Gasteiger partial charge is 0.333 e. The summed E-state index contributed by atoms with van der Waals surface area (Å²) in [4.78, 5) is 17.4. The summed E-state index contributed by atoms with van der Waals surface area (Å²) in [5.74, 6) is 0.303. The predicted molar refractivity (Wildman–Crippen MR) is 102 cm³/mol. The van der Waals surface area contributed by atoms with Crippen molar-refractivity contribution in [2.45, 2.75) is 6.42 Å². The summed E-state index contributed by atoms with van der Waals surface area (Å²) in [5.41, 5.74) is 2.19. The quantitative estimate of drug-likeness (QED) is 0.542. The van der Waals surface area contributed by atoms with Gasteiger partial charge in [0.15, 0.2) is 0 Å². The number of aromatic nitrogens is 2. The molecule has 4 aromatic rings. The normalized spacial score (nSPS) is 10.7. The molecule has 0 unspecified atom stereocenters. The molecule has 0 spiro atoms. The number of carbonyl (C=O) groups is 1. The minimum atomic E-state index is -0.329. The highest BCUT2D eigenvalue weighted by Crippen LogP contribution is 2.33. The average molecular weight is 379 g/mol. The Bertz CT molecular complexity index is 1060. The van der Waals surface area contributed by atoms with E-state index in [1.54, 1.807) is 18.2 Å². The Morgan fingerprint density at radius 1 is 1.07 bits per heavy atom. The molecule has 1 N–H and O–H groups in total. The van der Waals surface area contributed by atoms with Gasteiger partial charge in [-0.25, -0.2) is 4.39 Å². The molecule has 1 amide bonds. The van der Waals surface area contributed by atoms with E-state index in [9.17, 15) is 9.18 Å². The van der Waals surface area contributed by atoms with Crippen LogP contribution < -0.4 is 5.32 Å². The lowest BCUT2D eigenvalue weighted by Gasteiger charge is -2.05. The summed E-state index contributed by atoms with van der Waals surface area (Å²) in [6.45, 7) is 0. The van der Waals surface area contributed by atoms with E-state index < -0.39 is 0 Å². The number of benzene rings is 2. The van der Waals surface area contributed by atoms with E-state index >= 15 is 0 Å². The van der Waals surface area contributed by atoms with E-state index in [1.165, 1.54) is 23.5 Å². The number of rotatable bonds is 5. The van der Waals surface area contributed by atoms with Gasteiger partial charge in [-0.3, -0.25) is 4.79 Å². The number of anilines is 1. The van der Waals surface area contributed by atoms with Crippen molar-refractivity contribution < 1.29 is 13.7 Å². The Morgan fingerprint density at radius 3 is 2.63 bits per heavy atom. The van der Waals surface area contributed by atoms with E-state index in [1.807, 2.05) is 35.7 Å². The fourth-order valence-corrected chi connectivity index (χ4v) is 3.35. The molecule has 0 aliphatic carbocycles. The zero-order chi connectivity index (χ0) is 18.6. The lowest BCUT2D eigenvalue weighted by Crippen LogP contribution is -2.14. The average Bonchev–Trinajstić information content (AvgIpc) is 3.33. The zero-order valence-electron chi connectivity index (χ0n) is 14.1. The molecule has 134 valence electrons. The summed E-state index contributed by atoms with van der Waals surface area (Å²) in [6, 6.07) is 17.1. The van der Waals surface area contributed by atoms with Gasteiger partial charge in [0.25, 0.3) is 5.89 Å². The molecule has 7 heteroatoms. The van der Waals surface area contributed by atoms with Gasteiger partial charge in [-0.05, 0) is 29.1 Å². The number of nitrogens with zero attached hydrogens (tertiary/aromatic N) is 2. The maximum Gasteiger partial charge on any atom is 0.270 e. The number of halogens is 1. The third-order valence-electron chi connectivity index (χ3n) is 3.87. The van der Waals surface area contributed by atoms with Crippen LogP contribution in [0.4, 0.5) is 10.1 Å². The Hall–Kier alpha value is -3.32. The van der Waals surface area contributed by atoms with Crippen LogP contribution in [0.3, 0.4) is 0 Å². The molecule has 2 aromatic carbocycles. The summed E-state index contributed by atoms with van der Waals surface area (Å²) in [7, 11) is 0. The first-order chi connectivity index (χ1) is 13.2. The van der Waals surface area contributed by atoms with Crippen molar-refractivity contribution in [3.05, 3.63) is 77.4 Å². The minimum absolute atomic E-state index is 0.147. The van der Waals surface area contributed by atoms with E-state index in [-0.39, 0.29) is 18.1 Å². The van der Waals surface area contributed by atoms with Crippen LogP contribution in [0.5, 0.6) is 0 Å². The minimum Gasteiger partial charge on any atom is -0.333 e. The van der Waals surface area contributed by atoms with Gasteiger partial charge >= 0.3 is 0 Å². The van der Waals surface area contributed by atoms with Crippen LogP contribution in [0.15, 0.2) is 70.6 Å². The van der Waals surface area contributed by atoms with Crippen LogP contribution in [0.2, 0.25) is 0 Å². The summed E-state index contributed by atoms with van der Waals surface area (Å²) in [6.07, 6.45) is 0.147. The molecule has 27 heavy (non-hydrogen) atoms. The van der Waals surface area contributed by atoms with Crippen molar-refractivity contribution in [3.8, 4) is 22.2 Å². The number of thiophene rings is 1. The second kappa shape index (κ2) is 7.51. The van der Waals surface area contributed by atoms with Crippen LogP contribution in [0.1, 0.15) is 5.56 Å². The van der Waals surface area contributed by atoms with Gasteiger partial charge in [0.05, 0.1) is 12.1 Å². The summed E-state index contributed by atoms with van der Waals surface area (Å²) >= 11 is 1.40. The third-order valence-corrected chi connectivity index (χ3v) is 4.77. The monoisotopic (exact) mass is 379 g/mol. The van der Waals surface area contributed by atoms with Gasteiger partial charge in [0.2, 0.25) is 11.7 Å². The van der Waals surface area contributed by atoms with Gasteiger partial charge in [0, 0.05) is 5.56 Å². The van der Waals surface area contributed by atoms with Gasteiger partial charge in [0.1, 0.15) is 10.7 Å². The van der Waals surface area contributed by atoms with Crippen LogP contribution in [0.25, 0.3) is 22.2 Å². The lowest BCUT2D eigenvalue weighted by atomic mass is 10.1. The first-order valence-corrected chi connectivity index (χ1v) is 9.08. The van der Waals surface area contributed by atoms with Crippen molar-refractivity contribution in [2.24, 2.45) is 0 Å². The molecule has 5 nitrogen and oxygen atoms in total. The fraction of sp³-hybridized carbons (Fsp3) is 0.0500. The van der Waals surface area contributed by atoms with Crippen LogP contribution >= 0.6 is 11.3 Å². The van der Waals surface area contributed by atoms with Crippen molar-refractivity contribution >= 4 is 22.9 Å². The highest BCUT2D eigenvalue weighted by atomic mass is 32.1. The van der Waals surface area contributed by atoms with Gasteiger partial charge in [-0.15, -0.1) is 11.3 Å². The molecule has 0 fully saturated rings. The second-order valence-electron chi connectivity index (χ2n) is 5.80. The van der Waals surface area contributed by atoms with Crippen LogP contribution in [-0.4, -0.2) is 16.0 Å². The highest BCUT2D eigenvalue weighted by Gasteiger charge is 2.17. The molecule has 0 saturated carbocycles. The van der Waals surface area contributed by atoms with Crippen LogP contribution in [-0.2, 0) is 11.2 Å². The van der Waals surface area contributed by atoms with Gasteiger partial charge < -0.3 is 9.84 Å². The molecule has 0 saturated heterocycles. The van der Waals surface area contributed by atoms with E-state index in [2.05, 4.69) is 15.5 Å². The maximum absolute atomic E-state index is 13.0. The molecule has 0 aliphatic rings. The standard InChI is InChI=1S/C20H14FN3O2S/c21-15-8-6-13(7-9-15)12-17(25)22-16-10-11-27-18(16)20-23-19(24-26-20)14-4-2-1-3-5-14/h1-11H,12H2,(H,22,25). The number of carbonyl (C=O) groups excluding carboxylic acids is 1. The molecule has 4 rings (SSSR count). The molecule has 0 radical (unpaired) electrons. The topological polar surface area (TPSA) is 68.0 Å². The second-order valence-corrected chi connectivity index (χ2v) is 6.72. The first-order valence-electron chi connectivity index (χ1n) is 8.20. The molecule has 0 aliphatic heterocycles. The van der Waals surface area contributed by atoms with Crippen molar-refractivity contribution in [1.82, 2.24) is 10.1 Å². The Morgan fingerprint density at radius 2 is 1.85 bits per heavy atom. The Kier molecular flexibility index (Phi) is 4.76. The predicted octanol–water partition coefficient (Wildman–Crippen LogP) is 4.79. The summed E-state index contributed by atoms with van der Waals surface area (Å²) in [5, 5.41) is 8.70. The van der Waals surface area contributed by atoms with Gasteiger partial charge in [-0.2, -0.15) is 4.98 Å². The number of hydrogen-bond acceptors (Lipinski definition) is 5. The number of hydrogen-bond donors (Lipinski definition) is 1. The van der Waals surface area contributed by atoms with E-state index in [4.69, 9.17) is 4.52 Å². The summed E-state index contributed by atoms with van der Waals surface area (Å²) < 4.78 is 18.3. The highest BCUT2D eigenvalue weighted by molar-refractivity contribution is 7.14.